The molecule has 0 atom stereocenters. The quantitative estimate of drug-likeness (QED) is 0.758. The van der Waals surface area contributed by atoms with Gasteiger partial charge in [0.25, 0.3) is 5.56 Å². The normalized spacial score (nSPS) is 12.7. The van der Waals surface area contributed by atoms with Crippen LogP contribution in [0.25, 0.3) is 12.2 Å². The molecule has 18 heavy (non-hydrogen) atoms. The van der Waals surface area contributed by atoms with Crippen LogP contribution in [0.15, 0.2) is 29.1 Å². The Morgan fingerprint density at radius 2 is 2.06 bits per heavy atom. The molecule has 3 nitrogen and oxygen atoms in total. The van der Waals surface area contributed by atoms with Crippen LogP contribution in [0.2, 0.25) is 0 Å². The summed E-state index contributed by atoms with van der Waals surface area (Å²) in [4.78, 5) is 11.9. The third-order valence-corrected chi connectivity index (χ3v) is 3.53. The number of rotatable bonds is 1. The number of aromatic nitrogens is 1. The van der Waals surface area contributed by atoms with Crippen LogP contribution in [0.1, 0.15) is 5.56 Å². The largest absolute Gasteiger partial charge is 0.301 e. The van der Waals surface area contributed by atoms with Crippen molar-refractivity contribution in [3.63, 3.8) is 0 Å². The highest BCUT2D eigenvalue weighted by Crippen LogP contribution is 2.02. The topological polar surface area (TPSA) is 45.8 Å². The number of nitrogens with zero attached hydrogens (tertiary/aromatic N) is 2. The molecule has 0 N–H and O–H groups in total. The summed E-state index contributed by atoms with van der Waals surface area (Å²) in [5, 5.41) is 8.60. The van der Waals surface area contributed by atoms with Gasteiger partial charge < -0.3 is 4.57 Å². The van der Waals surface area contributed by atoms with Gasteiger partial charge in [0, 0.05) is 13.1 Å². The van der Waals surface area contributed by atoms with E-state index in [0.29, 0.717) is 9.20 Å². The molecule has 2 rings (SSSR count). The lowest BCUT2D eigenvalue weighted by Crippen LogP contribution is -2.28. The van der Waals surface area contributed by atoms with E-state index in [1.54, 1.807) is 25.3 Å². The zero-order valence-corrected chi connectivity index (χ0v) is 10.4. The Kier molecular flexibility index (Phi) is 3.40. The van der Waals surface area contributed by atoms with Crippen molar-refractivity contribution < 1.29 is 4.39 Å². The maximum atomic E-state index is 12.8. The summed E-state index contributed by atoms with van der Waals surface area (Å²) in [6.07, 6.45) is 3.01. The summed E-state index contributed by atoms with van der Waals surface area (Å²) < 4.78 is 15.3. The lowest BCUT2D eigenvalue weighted by Gasteiger charge is -1.90. The fourth-order valence-corrected chi connectivity index (χ4v) is 2.45. The molecule has 90 valence electrons. The predicted octanol–water partition coefficient (Wildman–Crippen LogP) is 0.719. The van der Waals surface area contributed by atoms with Crippen molar-refractivity contribution in [2.45, 2.75) is 0 Å². The molecule has 2 aromatic rings. The van der Waals surface area contributed by atoms with Gasteiger partial charge in [-0.2, -0.15) is 5.26 Å². The van der Waals surface area contributed by atoms with Gasteiger partial charge in [-0.05, 0) is 23.8 Å². The minimum atomic E-state index is -0.315. The highest BCUT2D eigenvalue weighted by Gasteiger charge is 1.99. The second-order valence-corrected chi connectivity index (χ2v) is 4.70. The first-order valence-electron chi connectivity index (χ1n) is 5.15. The minimum absolute atomic E-state index is 0.161. The van der Waals surface area contributed by atoms with Crippen LogP contribution in [0.3, 0.4) is 0 Å². The van der Waals surface area contributed by atoms with Crippen molar-refractivity contribution in [3.05, 3.63) is 55.2 Å². The number of hydrogen-bond donors (Lipinski definition) is 0. The van der Waals surface area contributed by atoms with Crippen molar-refractivity contribution in [2.75, 3.05) is 0 Å². The second-order valence-electron chi connectivity index (χ2n) is 3.64. The third-order valence-electron chi connectivity index (χ3n) is 2.42. The smallest absolute Gasteiger partial charge is 0.268 e. The molecule has 0 spiro atoms. The summed E-state index contributed by atoms with van der Waals surface area (Å²) >= 11 is 1.23. The number of thiazole rings is 1. The Morgan fingerprint density at radius 3 is 2.67 bits per heavy atom. The Balaban J connectivity index is 2.63. The lowest BCUT2D eigenvalue weighted by molar-refractivity contribution is 0.628. The van der Waals surface area contributed by atoms with E-state index in [1.165, 1.54) is 34.1 Å². The van der Waals surface area contributed by atoms with Gasteiger partial charge in [-0.1, -0.05) is 12.1 Å². The zero-order valence-electron chi connectivity index (χ0n) is 9.55. The van der Waals surface area contributed by atoms with Crippen LogP contribution in [0, 0.1) is 17.1 Å². The molecule has 0 aliphatic heterocycles. The molecule has 0 saturated heterocycles. The molecule has 0 saturated carbocycles. The molecule has 0 aliphatic carbocycles. The molecule has 5 heteroatoms. The van der Waals surface area contributed by atoms with Crippen LogP contribution in [-0.2, 0) is 7.05 Å². The van der Waals surface area contributed by atoms with Crippen molar-refractivity contribution in [1.29, 1.82) is 5.26 Å². The monoisotopic (exact) mass is 260 g/mol. The van der Waals surface area contributed by atoms with Gasteiger partial charge in [0.05, 0.1) is 10.6 Å². The molecule has 1 aromatic heterocycles. The van der Waals surface area contributed by atoms with E-state index in [0.717, 1.165) is 5.56 Å². The standard InChI is InChI=1S/C13H9FN2OS/c1-16-12(6-7-15)18-11(13(16)17)8-9-2-4-10(14)5-3-9/h2-6,8H,1H3/b11-8+,12-6-. The first kappa shape index (κ1) is 12.3. The van der Waals surface area contributed by atoms with Crippen molar-refractivity contribution in [3.8, 4) is 6.07 Å². The van der Waals surface area contributed by atoms with Gasteiger partial charge in [-0.3, -0.25) is 4.79 Å². The zero-order chi connectivity index (χ0) is 13.1. The van der Waals surface area contributed by atoms with E-state index < -0.39 is 0 Å². The minimum Gasteiger partial charge on any atom is -0.301 e. The molecule has 0 aliphatic rings. The summed E-state index contributed by atoms with van der Waals surface area (Å²) in [7, 11) is 1.62. The van der Waals surface area contributed by atoms with Crippen LogP contribution < -0.4 is 14.8 Å². The van der Waals surface area contributed by atoms with E-state index >= 15 is 0 Å². The maximum absolute atomic E-state index is 12.8. The molecule has 0 radical (unpaired) electrons. The first-order valence-corrected chi connectivity index (χ1v) is 5.96. The second kappa shape index (κ2) is 4.98. The summed E-state index contributed by atoms with van der Waals surface area (Å²) in [5.74, 6) is -0.315. The lowest BCUT2D eigenvalue weighted by atomic mass is 10.2. The number of benzene rings is 1. The molecular weight excluding hydrogens is 251 g/mol. The van der Waals surface area contributed by atoms with Crippen molar-refractivity contribution in [1.82, 2.24) is 4.57 Å². The van der Waals surface area contributed by atoms with Gasteiger partial charge in [-0.15, -0.1) is 11.3 Å². The van der Waals surface area contributed by atoms with E-state index in [1.807, 2.05) is 6.07 Å². The van der Waals surface area contributed by atoms with Crippen molar-refractivity contribution >= 4 is 23.5 Å². The van der Waals surface area contributed by atoms with Gasteiger partial charge in [0.1, 0.15) is 10.5 Å². The van der Waals surface area contributed by atoms with Gasteiger partial charge in [-0.25, -0.2) is 4.39 Å². The Bertz CT molecular complexity index is 778. The summed E-state index contributed by atoms with van der Waals surface area (Å²) in [6, 6.07) is 7.78. The highest BCUT2D eigenvalue weighted by atomic mass is 32.1. The molecule has 1 aromatic carbocycles. The van der Waals surface area contributed by atoms with Gasteiger partial charge >= 0.3 is 0 Å². The van der Waals surface area contributed by atoms with Gasteiger partial charge in [0.15, 0.2) is 0 Å². The average Bonchev–Trinajstić information content (AvgIpc) is 2.61. The van der Waals surface area contributed by atoms with E-state index in [2.05, 4.69) is 0 Å². The van der Waals surface area contributed by atoms with Crippen LogP contribution in [0.4, 0.5) is 4.39 Å². The molecular formula is C13H9FN2OS. The van der Waals surface area contributed by atoms with E-state index in [4.69, 9.17) is 5.26 Å². The number of hydrogen-bond acceptors (Lipinski definition) is 3. The SMILES string of the molecule is Cn1c(=O)/c(=C\c2ccc(F)cc2)s/c1=C\C#N. The fraction of sp³-hybridized carbons (Fsp3) is 0.0769. The molecule has 0 amide bonds. The number of nitriles is 1. The highest BCUT2D eigenvalue weighted by molar-refractivity contribution is 7.07. The van der Waals surface area contributed by atoms with Crippen molar-refractivity contribution in [2.24, 2.45) is 7.05 Å². The Hall–Kier alpha value is -2.19. The summed E-state index contributed by atoms with van der Waals surface area (Å²) in [6.45, 7) is 0. The number of halogens is 1. The fourth-order valence-electron chi connectivity index (χ4n) is 1.47. The molecule has 0 fully saturated rings. The Labute approximate surface area is 106 Å². The van der Waals surface area contributed by atoms with Crippen LogP contribution >= 0.6 is 11.3 Å². The van der Waals surface area contributed by atoms with Gasteiger partial charge in [0.2, 0.25) is 0 Å². The average molecular weight is 260 g/mol. The first-order chi connectivity index (χ1) is 8.61. The maximum Gasteiger partial charge on any atom is 0.268 e. The predicted molar refractivity (Wildman–Crippen MR) is 68.9 cm³/mol. The third kappa shape index (κ3) is 2.39. The van der Waals surface area contributed by atoms with Crippen LogP contribution in [-0.4, -0.2) is 4.57 Å². The molecule has 0 bridgehead atoms. The van der Waals surface area contributed by atoms with E-state index in [9.17, 15) is 9.18 Å². The molecule has 0 unspecified atom stereocenters. The van der Waals surface area contributed by atoms with Crippen LogP contribution in [0.5, 0.6) is 0 Å². The summed E-state index contributed by atoms with van der Waals surface area (Å²) in [5.41, 5.74) is 0.588. The Morgan fingerprint density at radius 1 is 1.39 bits per heavy atom. The van der Waals surface area contributed by atoms with E-state index in [-0.39, 0.29) is 11.4 Å². The molecule has 1 heterocycles.